The van der Waals surface area contributed by atoms with Crippen LogP contribution in [-0.2, 0) is 22.4 Å². The molecule has 0 aromatic carbocycles. The fraction of sp³-hybridized carbons (Fsp3) is 0.611. The molecule has 1 aliphatic carbocycles. The summed E-state index contributed by atoms with van der Waals surface area (Å²) < 4.78 is 0. The number of anilines is 1. The molecular weight excluding hydrogens is 336 g/mol. The van der Waals surface area contributed by atoms with Crippen LogP contribution >= 0.6 is 11.3 Å². The first kappa shape index (κ1) is 19.4. The van der Waals surface area contributed by atoms with Crippen LogP contribution in [0.1, 0.15) is 42.7 Å². The second-order valence-electron chi connectivity index (χ2n) is 6.74. The lowest BCUT2D eigenvalue weighted by Gasteiger charge is -2.17. The molecular formula is C18H26N4O2S. The van der Waals surface area contributed by atoms with E-state index in [0.717, 1.165) is 31.2 Å². The summed E-state index contributed by atoms with van der Waals surface area (Å²) >= 11 is 1.52. The Hall–Kier alpha value is -1.91. The van der Waals surface area contributed by atoms with Gasteiger partial charge in [0.1, 0.15) is 11.1 Å². The zero-order valence-electron chi connectivity index (χ0n) is 15.1. The molecule has 1 heterocycles. The largest absolute Gasteiger partial charge is 0.355 e. The molecule has 1 aromatic rings. The second kappa shape index (κ2) is 8.97. The predicted molar refractivity (Wildman–Crippen MR) is 99.7 cm³/mol. The molecule has 1 aromatic heterocycles. The van der Waals surface area contributed by atoms with Gasteiger partial charge in [-0.15, -0.1) is 11.3 Å². The number of nitriles is 1. The maximum atomic E-state index is 12.3. The summed E-state index contributed by atoms with van der Waals surface area (Å²) in [6.45, 7) is 5.14. The number of carbonyl (C=O) groups is 2. The van der Waals surface area contributed by atoms with Gasteiger partial charge in [0.2, 0.25) is 11.8 Å². The molecule has 1 atom stereocenters. The van der Waals surface area contributed by atoms with Gasteiger partial charge in [-0.2, -0.15) is 5.26 Å². The molecule has 0 aliphatic heterocycles. The zero-order chi connectivity index (χ0) is 18.4. The third kappa shape index (κ3) is 5.28. The number of carbonyl (C=O) groups excluding carboxylic acids is 2. The highest BCUT2D eigenvalue weighted by atomic mass is 32.1. The van der Waals surface area contributed by atoms with Crippen molar-refractivity contribution in [1.82, 2.24) is 10.2 Å². The van der Waals surface area contributed by atoms with Crippen molar-refractivity contribution in [1.29, 1.82) is 5.26 Å². The molecule has 0 saturated heterocycles. The lowest BCUT2D eigenvalue weighted by molar-refractivity contribution is -0.122. The van der Waals surface area contributed by atoms with Crippen molar-refractivity contribution in [2.75, 3.05) is 32.0 Å². The smallest absolute Gasteiger partial charge is 0.239 e. The summed E-state index contributed by atoms with van der Waals surface area (Å²) in [6, 6.07) is 2.25. The second-order valence-corrected chi connectivity index (χ2v) is 7.84. The van der Waals surface area contributed by atoms with Gasteiger partial charge in [0.05, 0.1) is 18.7 Å². The van der Waals surface area contributed by atoms with Gasteiger partial charge >= 0.3 is 0 Å². The number of hydrogen-bond acceptors (Lipinski definition) is 5. The Labute approximate surface area is 153 Å². The summed E-state index contributed by atoms with van der Waals surface area (Å²) in [4.78, 5) is 26.9. The molecule has 0 spiro atoms. The molecule has 0 unspecified atom stereocenters. The maximum Gasteiger partial charge on any atom is 0.239 e. The van der Waals surface area contributed by atoms with E-state index in [9.17, 15) is 14.9 Å². The summed E-state index contributed by atoms with van der Waals surface area (Å²) in [5.41, 5.74) is 1.72. The van der Waals surface area contributed by atoms with E-state index < -0.39 is 0 Å². The minimum Gasteiger partial charge on any atom is -0.355 e. The van der Waals surface area contributed by atoms with Gasteiger partial charge in [0, 0.05) is 11.4 Å². The lowest BCUT2D eigenvalue weighted by Crippen LogP contribution is -2.39. The average molecular weight is 362 g/mol. The Morgan fingerprint density at radius 3 is 2.76 bits per heavy atom. The monoisotopic (exact) mass is 362 g/mol. The van der Waals surface area contributed by atoms with Crippen LogP contribution in [0, 0.1) is 17.2 Å². The Morgan fingerprint density at radius 2 is 2.08 bits per heavy atom. The highest BCUT2D eigenvalue weighted by Crippen LogP contribution is 2.39. The van der Waals surface area contributed by atoms with Gasteiger partial charge in [-0.1, -0.05) is 13.8 Å². The third-order valence-electron chi connectivity index (χ3n) is 4.28. The Bertz CT molecular complexity index is 677. The van der Waals surface area contributed by atoms with Gasteiger partial charge in [-0.05, 0) is 44.2 Å². The average Bonchev–Trinajstić information content (AvgIpc) is 2.88. The molecule has 0 radical (unpaired) electrons. The highest BCUT2D eigenvalue weighted by Gasteiger charge is 2.24. The van der Waals surface area contributed by atoms with Crippen LogP contribution in [0.25, 0.3) is 0 Å². The summed E-state index contributed by atoms with van der Waals surface area (Å²) in [7, 11) is 1.73. The third-order valence-corrected chi connectivity index (χ3v) is 5.45. The van der Waals surface area contributed by atoms with Crippen molar-refractivity contribution in [2.45, 2.75) is 39.5 Å². The molecule has 0 fully saturated rings. The van der Waals surface area contributed by atoms with E-state index in [1.54, 1.807) is 11.9 Å². The number of likely N-dealkylation sites (N-methyl/N-ethyl adjacent to an activating group) is 1. The standard InChI is InChI=1S/C18H26N4O2S/c1-4-7-20-16(23)10-22(3)11-17(24)21-18-14(9-19)13-6-5-12(2)8-15(13)25-18/h12H,4-8,10-11H2,1-3H3,(H,20,23)(H,21,24)/t12-/m1/s1. The van der Waals surface area contributed by atoms with E-state index in [4.69, 9.17) is 0 Å². The zero-order valence-corrected chi connectivity index (χ0v) is 16.0. The number of hydrogen-bond donors (Lipinski definition) is 2. The summed E-state index contributed by atoms with van der Waals surface area (Å²) in [5, 5.41) is 15.8. The van der Waals surface area contributed by atoms with Gasteiger partial charge in [-0.3, -0.25) is 14.5 Å². The molecule has 0 saturated carbocycles. The van der Waals surface area contributed by atoms with Gasteiger partial charge in [0.25, 0.3) is 0 Å². The van der Waals surface area contributed by atoms with Crippen LogP contribution in [0.15, 0.2) is 0 Å². The van der Waals surface area contributed by atoms with E-state index in [0.29, 0.717) is 23.0 Å². The molecule has 25 heavy (non-hydrogen) atoms. The van der Waals surface area contributed by atoms with E-state index in [2.05, 4.69) is 23.6 Å². The first-order valence-electron chi connectivity index (χ1n) is 8.74. The SMILES string of the molecule is CCCNC(=O)CN(C)CC(=O)Nc1sc2c(c1C#N)CC[C@@H](C)C2. The number of rotatable bonds is 7. The predicted octanol–water partition coefficient (Wildman–Crippen LogP) is 2.14. The number of nitrogens with zero attached hydrogens (tertiary/aromatic N) is 2. The van der Waals surface area contributed by atoms with Crippen LogP contribution in [0.3, 0.4) is 0 Å². The van der Waals surface area contributed by atoms with Gasteiger partial charge in [0.15, 0.2) is 0 Å². The maximum absolute atomic E-state index is 12.3. The van der Waals surface area contributed by atoms with E-state index in [-0.39, 0.29) is 24.9 Å². The van der Waals surface area contributed by atoms with Crippen LogP contribution in [0.4, 0.5) is 5.00 Å². The van der Waals surface area contributed by atoms with Crippen molar-refractivity contribution in [3.05, 3.63) is 16.0 Å². The summed E-state index contributed by atoms with van der Waals surface area (Å²) in [5.74, 6) is 0.332. The van der Waals surface area contributed by atoms with E-state index in [1.165, 1.54) is 16.2 Å². The van der Waals surface area contributed by atoms with Crippen molar-refractivity contribution >= 4 is 28.2 Å². The van der Waals surface area contributed by atoms with Gasteiger partial charge in [-0.25, -0.2) is 0 Å². The molecule has 2 amide bonds. The van der Waals surface area contributed by atoms with Crippen LogP contribution < -0.4 is 10.6 Å². The molecule has 1 aliphatic rings. The quantitative estimate of drug-likeness (QED) is 0.778. The van der Waals surface area contributed by atoms with Crippen molar-refractivity contribution in [3.63, 3.8) is 0 Å². The van der Waals surface area contributed by atoms with Crippen LogP contribution in [0.2, 0.25) is 0 Å². The van der Waals surface area contributed by atoms with Crippen molar-refractivity contribution in [3.8, 4) is 6.07 Å². The van der Waals surface area contributed by atoms with Crippen molar-refractivity contribution in [2.24, 2.45) is 5.92 Å². The lowest BCUT2D eigenvalue weighted by atomic mass is 9.89. The Balaban J connectivity index is 1.94. The molecule has 0 bridgehead atoms. The molecule has 136 valence electrons. The molecule has 7 heteroatoms. The molecule has 2 N–H and O–H groups in total. The van der Waals surface area contributed by atoms with E-state index in [1.807, 2.05) is 6.92 Å². The number of fused-ring (bicyclic) bond motifs is 1. The highest BCUT2D eigenvalue weighted by molar-refractivity contribution is 7.16. The number of nitrogens with one attached hydrogen (secondary N) is 2. The summed E-state index contributed by atoms with van der Waals surface area (Å²) in [6.07, 6.45) is 3.85. The Morgan fingerprint density at radius 1 is 1.36 bits per heavy atom. The van der Waals surface area contributed by atoms with Crippen LogP contribution in [-0.4, -0.2) is 43.4 Å². The minimum atomic E-state index is -0.200. The van der Waals surface area contributed by atoms with Gasteiger partial charge < -0.3 is 10.6 Å². The Kier molecular flexibility index (Phi) is 6.97. The topological polar surface area (TPSA) is 85.2 Å². The number of amides is 2. The molecule has 6 nitrogen and oxygen atoms in total. The normalized spacial score (nSPS) is 16.2. The van der Waals surface area contributed by atoms with Crippen molar-refractivity contribution < 1.29 is 9.59 Å². The first-order valence-corrected chi connectivity index (χ1v) is 9.55. The fourth-order valence-corrected chi connectivity index (χ4v) is 4.37. The minimum absolute atomic E-state index is 0.0876. The number of thiophene rings is 1. The van der Waals surface area contributed by atoms with E-state index >= 15 is 0 Å². The first-order chi connectivity index (χ1) is 11.9. The van der Waals surface area contributed by atoms with Crippen LogP contribution in [0.5, 0.6) is 0 Å². The fourth-order valence-electron chi connectivity index (χ4n) is 2.99. The molecule has 2 rings (SSSR count).